The molecule has 8 heteroatoms. The maximum atomic E-state index is 14.1. The molecule has 0 atom stereocenters. The number of hydrogen-bond donors (Lipinski definition) is 0. The van der Waals surface area contributed by atoms with Crippen molar-refractivity contribution < 1.29 is 17.6 Å². The van der Waals surface area contributed by atoms with Gasteiger partial charge in [0.2, 0.25) is 15.9 Å². The van der Waals surface area contributed by atoms with E-state index in [9.17, 15) is 17.6 Å². The predicted molar refractivity (Wildman–Crippen MR) is 125 cm³/mol. The van der Waals surface area contributed by atoms with E-state index >= 15 is 0 Å². The predicted octanol–water partition coefficient (Wildman–Crippen LogP) is 4.84. The molecule has 0 saturated carbocycles. The summed E-state index contributed by atoms with van der Waals surface area (Å²) in [5.74, 6) is -0.883. The molecule has 0 spiro atoms. The maximum Gasteiger partial charge on any atom is 0.243 e. The van der Waals surface area contributed by atoms with Crippen LogP contribution in [0.15, 0.2) is 47.4 Å². The van der Waals surface area contributed by atoms with E-state index in [1.165, 1.54) is 21.3 Å². The highest BCUT2D eigenvalue weighted by molar-refractivity contribution is 7.89. The van der Waals surface area contributed by atoms with Crippen molar-refractivity contribution in [1.29, 1.82) is 0 Å². The van der Waals surface area contributed by atoms with Crippen LogP contribution in [0.25, 0.3) is 0 Å². The van der Waals surface area contributed by atoms with Crippen molar-refractivity contribution in [3.63, 3.8) is 0 Å². The van der Waals surface area contributed by atoms with Crippen molar-refractivity contribution in [2.75, 3.05) is 20.1 Å². The zero-order chi connectivity index (χ0) is 23.7. The molecule has 1 saturated heterocycles. The lowest BCUT2D eigenvalue weighted by molar-refractivity contribution is -0.135. The fraction of sp³-hybridized carbons (Fsp3) is 0.458. The molecule has 5 nitrogen and oxygen atoms in total. The van der Waals surface area contributed by atoms with E-state index in [0.29, 0.717) is 12.8 Å². The first-order valence-corrected chi connectivity index (χ1v) is 12.5. The summed E-state index contributed by atoms with van der Waals surface area (Å²) in [6.07, 6.45) is 0.848. The first-order chi connectivity index (χ1) is 14.9. The van der Waals surface area contributed by atoms with Gasteiger partial charge in [-0.15, -0.1) is 0 Å². The Morgan fingerprint density at radius 1 is 1.12 bits per heavy atom. The molecule has 1 fully saturated rings. The molecule has 1 heterocycles. The van der Waals surface area contributed by atoms with Crippen molar-refractivity contribution >= 4 is 27.5 Å². The van der Waals surface area contributed by atoms with Crippen LogP contribution in [0.4, 0.5) is 4.39 Å². The zero-order valence-electron chi connectivity index (χ0n) is 18.9. The van der Waals surface area contributed by atoms with Crippen molar-refractivity contribution in [1.82, 2.24) is 9.21 Å². The van der Waals surface area contributed by atoms with Gasteiger partial charge in [0.25, 0.3) is 0 Å². The monoisotopic (exact) mass is 480 g/mol. The summed E-state index contributed by atoms with van der Waals surface area (Å²) < 4.78 is 41.6. The third-order valence-electron chi connectivity index (χ3n) is 5.99. The van der Waals surface area contributed by atoms with E-state index < -0.39 is 15.8 Å². The van der Waals surface area contributed by atoms with Crippen LogP contribution in [0, 0.1) is 11.7 Å². The second-order valence-corrected chi connectivity index (χ2v) is 11.7. The summed E-state index contributed by atoms with van der Waals surface area (Å²) in [7, 11) is -2.00. The van der Waals surface area contributed by atoms with Crippen LogP contribution in [-0.4, -0.2) is 43.7 Å². The van der Waals surface area contributed by atoms with Crippen molar-refractivity contribution in [3.05, 3.63) is 64.4 Å². The van der Waals surface area contributed by atoms with E-state index in [2.05, 4.69) is 20.8 Å². The normalized spacial score (nSPS) is 16.2. The zero-order valence-corrected chi connectivity index (χ0v) is 20.5. The van der Waals surface area contributed by atoms with Gasteiger partial charge in [0.1, 0.15) is 5.82 Å². The Hall–Kier alpha value is -1.96. The minimum absolute atomic E-state index is 0.0556. The van der Waals surface area contributed by atoms with Crippen LogP contribution in [0.1, 0.15) is 44.7 Å². The van der Waals surface area contributed by atoms with Crippen molar-refractivity contribution in [2.24, 2.45) is 5.92 Å². The highest BCUT2D eigenvalue weighted by atomic mass is 35.5. The topological polar surface area (TPSA) is 57.7 Å². The van der Waals surface area contributed by atoms with Crippen LogP contribution in [0.5, 0.6) is 0 Å². The minimum atomic E-state index is -3.61. The number of nitrogens with zero attached hydrogens (tertiary/aromatic N) is 2. The van der Waals surface area contributed by atoms with Gasteiger partial charge in [-0.2, -0.15) is 4.31 Å². The lowest BCUT2D eigenvalue weighted by atomic mass is 9.87. The Bertz CT molecular complexity index is 1050. The lowest BCUT2D eigenvalue weighted by Gasteiger charge is -2.32. The molecule has 0 N–H and O–H groups in total. The molecule has 174 valence electrons. The molecule has 1 aliphatic rings. The van der Waals surface area contributed by atoms with Gasteiger partial charge in [-0.1, -0.05) is 50.6 Å². The molecule has 0 aromatic heterocycles. The fourth-order valence-corrected chi connectivity index (χ4v) is 5.62. The largest absolute Gasteiger partial charge is 0.341 e. The second-order valence-electron chi connectivity index (χ2n) is 9.35. The average molecular weight is 481 g/mol. The maximum absolute atomic E-state index is 14.1. The molecule has 3 rings (SSSR count). The van der Waals surface area contributed by atoms with E-state index in [4.69, 9.17) is 11.6 Å². The summed E-state index contributed by atoms with van der Waals surface area (Å²) in [5.41, 5.74) is 1.29. The molecule has 32 heavy (non-hydrogen) atoms. The SMILES string of the molecule is CN(Cc1c(F)cccc1Cl)C(=O)C1CCN(S(=O)(=O)c2ccc(C(C)(C)C)cc2)CC1. The average Bonchev–Trinajstić information content (AvgIpc) is 2.75. The molecule has 2 aromatic carbocycles. The van der Waals surface area contributed by atoms with Crippen molar-refractivity contribution in [2.45, 2.75) is 50.5 Å². The van der Waals surface area contributed by atoms with Gasteiger partial charge in [0.05, 0.1) is 4.90 Å². The number of benzene rings is 2. The summed E-state index contributed by atoms with van der Waals surface area (Å²) in [6, 6.07) is 11.4. The van der Waals surface area contributed by atoms with Crippen LogP contribution in [0.3, 0.4) is 0 Å². The Kier molecular flexibility index (Phi) is 7.32. The molecule has 0 radical (unpaired) electrons. The quantitative estimate of drug-likeness (QED) is 0.615. The third-order valence-corrected chi connectivity index (χ3v) is 8.26. The number of carbonyl (C=O) groups is 1. The molecular formula is C24H30ClFN2O3S. The summed E-state index contributed by atoms with van der Waals surface area (Å²) in [6.45, 7) is 6.85. The summed E-state index contributed by atoms with van der Waals surface area (Å²) in [4.78, 5) is 14.6. The van der Waals surface area contributed by atoms with Gasteiger partial charge in [-0.05, 0) is 48.1 Å². The third kappa shape index (κ3) is 5.33. The molecule has 2 aromatic rings. The number of rotatable bonds is 5. The van der Waals surface area contributed by atoms with Crippen LogP contribution in [0.2, 0.25) is 5.02 Å². The lowest BCUT2D eigenvalue weighted by Crippen LogP contribution is -2.43. The number of carbonyl (C=O) groups excluding carboxylic acids is 1. The Labute approximate surface area is 195 Å². The Morgan fingerprint density at radius 3 is 2.25 bits per heavy atom. The van der Waals surface area contributed by atoms with Crippen molar-refractivity contribution in [3.8, 4) is 0 Å². The van der Waals surface area contributed by atoms with Crippen LogP contribution < -0.4 is 0 Å². The molecule has 0 unspecified atom stereocenters. The number of hydrogen-bond acceptors (Lipinski definition) is 3. The van der Waals surface area contributed by atoms with Gasteiger partial charge < -0.3 is 4.90 Å². The first kappa shape index (κ1) is 24.7. The standard InChI is InChI=1S/C24H30ClFN2O3S/c1-24(2,3)18-8-10-19(11-9-18)32(30,31)28-14-12-17(13-15-28)23(29)27(4)16-20-21(25)6-5-7-22(20)26/h5-11,17H,12-16H2,1-4H3. The fourth-order valence-electron chi connectivity index (χ4n) is 3.93. The van der Waals surface area contributed by atoms with E-state index in [1.807, 2.05) is 12.1 Å². The van der Waals surface area contributed by atoms with E-state index in [-0.39, 0.29) is 52.4 Å². The van der Waals surface area contributed by atoms with Gasteiger partial charge in [-0.25, -0.2) is 12.8 Å². The molecule has 0 bridgehead atoms. The van der Waals surface area contributed by atoms with E-state index in [0.717, 1.165) is 5.56 Å². The van der Waals surface area contributed by atoms with Crippen LogP contribution >= 0.6 is 11.6 Å². The second kappa shape index (κ2) is 9.49. The Balaban J connectivity index is 1.63. The number of sulfonamides is 1. The van der Waals surface area contributed by atoms with Crippen LogP contribution in [-0.2, 0) is 26.8 Å². The number of piperidine rings is 1. The molecule has 1 amide bonds. The smallest absolute Gasteiger partial charge is 0.243 e. The molecular weight excluding hydrogens is 451 g/mol. The van der Waals surface area contributed by atoms with Gasteiger partial charge in [0, 0.05) is 43.2 Å². The molecule has 1 aliphatic heterocycles. The highest BCUT2D eigenvalue weighted by Crippen LogP contribution is 2.28. The highest BCUT2D eigenvalue weighted by Gasteiger charge is 2.33. The Morgan fingerprint density at radius 2 is 1.72 bits per heavy atom. The van der Waals surface area contributed by atoms with Gasteiger partial charge >= 0.3 is 0 Å². The summed E-state index contributed by atoms with van der Waals surface area (Å²) >= 11 is 6.07. The summed E-state index contributed by atoms with van der Waals surface area (Å²) in [5, 5.41) is 0.281. The van der Waals surface area contributed by atoms with E-state index in [1.54, 1.807) is 25.2 Å². The molecule has 0 aliphatic carbocycles. The number of halogens is 2. The first-order valence-electron chi connectivity index (χ1n) is 10.7. The van der Waals surface area contributed by atoms with Gasteiger partial charge in [-0.3, -0.25) is 4.79 Å². The van der Waals surface area contributed by atoms with Gasteiger partial charge in [0.15, 0.2) is 0 Å². The number of amides is 1. The minimum Gasteiger partial charge on any atom is -0.341 e.